The number of benzene rings is 4. The second kappa shape index (κ2) is 8.27. The van der Waals surface area contributed by atoms with Crippen molar-refractivity contribution in [2.24, 2.45) is 0 Å². The SMILES string of the molecule is Nc1ccc(Oc2ccc(Oc3ccccc3Oc3ccc(N)cc3)cc2)cc1. The van der Waals surface area contributed by atoms with Crippen LogP contribution in [0.25, 0.3) is 0 Å². The molecule has 0 spiro atoms. The van der Waals surface area contributed by atoms with Crippen LogP contribution in [0.2, 0.25) is 0 Å². The normalized spacial score (nSPS) is 10.3. The Hall–Kier alpha value is -4.12. The first-order valence-electron chi connectivity index (χ1n) is 9.09. The lowest BCUT2D eigenvalue weighted by Crippen LogP contribution is -1.91. The lowest BCUT2D eigenvalue weighted by atomic mass is 10.3. The van der Waals surface area contributed by atoms with Gasteiger partial charge >= 0.3 is 0 Å². The van der Waals surface area contributed by atoms with Crippen LogP contribution in [0.3, 0.4) is 0 Å². The van der Waals surface area contributed by atoms with Gasteiger partial charge in [-0.25, -0.2) is 0 Å². The molecule has 0 aliphatic heterocycles. The summed E-state index contributed by atoms with van der Waals surface area (Å²) in [5.74, 6) is 3.99. The highest BCUT2D eigenvalue weighted by Gasteiger charge is 2.08. The van der Waals surface area contributed by atoms with Gasteiger partial charge in [-0.05, 0) is 84.9 Å². The molecule has 0 aliphatic carbocycles. The molecule has 5 nitrogen and oxygen atoms in total. The van der Waals surface area contributed by atoms with Crippen molar-refractivity contribution in [1.82, 2.24) is 0 Å². The van der Waals surface area contributed by atoms with E-state index in [1.807, 2.05) is 72.8 Å². The maximum absolute atomic E-state index is 6.00. The van der Waals surface area contributed by atoms with Crippen molar-refractivity contribution in [3.8, 4) is 34.5 Å². The smallest absolute Gasteiger partial charge is 0.169 e. The van der Waals surface area contributed by atoms with Crippen molar-refractivity contribution in [3.05, 3.63) is 97.1 Å². The number of nitrogens with two attached hydrogens (primary N) is 2. The third-order valence-electron chi connectivity index (χ3n) is 4.12. The third-order valence-corrected chi connectivity index (χ3v) is 4.12. The van der Waals surface area contributed by atoms with Crippen LogP contribution in [0.1, 0.15) is 0 Å². The Kier molecular flexibility index (Phi) is 5.21. The molecule has 4 aromatic rings. The molecular weight excluding hydrogens is 364 g/mol. The molecule has 0 saturated carbocycles. The highest BCUT2D eigenvalue weighted by Crippen LogP contribution is 2.35. The lowest BCUT2D eigenvalue weighted by Gasteiger charge is -2.13. The van der Waals surface area contributed by atoms with Gasteiger partial charge in [0.25, 0.3) is 0 Å². The Morgan fingerprint density at radius 3 is 1.07 bits per heavy atom. The molecule has 0 heterocycles. The van der Waals surface area contributed by atoms with E-state index in [2.05, 4.69) is 0 Å². The molecule has 0 radical (unpaired) electrons. The van der Waals surface area contributed by atoms with Crippen molar-refractivity contribution >= 4 is 11.4 Å². The summed E-state index contributed by atoms with van der Waals surface area (Å²) in [5, 5.41) is 0. The van der Waals surface area contributed by atoms with Crippen molar-refractivity contribution < 1.29 is 14.2 Å². The molecule has 0 saturated heterocycles. The molecule has 0 bridgehead atoms. The second-order valence-electron chi connectivity index (χ2n) is 6.36. The molecule has 144 valence electrons. The van der Waals surface area contributed by atoms with E-state index in [0.29, 0.717) is 40.1 Å². The fraction of sp³-hybridized carbons (Fsp3) is 0. The number of hydrogen-bond donors (Lipinski definition) is 2. The molecular formula is C24H20N2O3. The van der Waals surface area contributed by atoms with Crippen LogP contribution in [0.5, 0.6) is 34.5 Å². The lowest BCUT2D eigenvalue weighted by molar-refractivity contribution is 0.418. The second-order valence-corrected chi connectivity index (χ2v) is 6.36. The van der Waals surface area contributed by atoms with Gasteiger partial charge in [-0.1, -0.05) is 12.1 Å². The Balaban J connectivity index is 1.46. The molecule has 29 heavy (non-hydrogen) atoms. The van der Waals surface area contributed by atoms with Gasteiger partial charge in [-0.3, -0.25) is 0 Å². The monoisotopic (exact) mass is 384 g/mol. The maximum atomic E-state index is 6.00. The summed E-state index contributed by atoms with van der Waals surface area (Å²) < 4.78 is 17.7. The van der Waals surface area contributed by atoms with Crippen molar-refractivity contribution in [3.63, 3.8) is 0 Å². The zero-order valence-electron chi connectivity index (χ0n) is 15.6. The van der Waals surface area contributed by atoms with Gasteiger partial charge in [0.15, 0.2) is 11.5 Å². The van der Waals surface area contributed by atoms with E-state index < -0.39 is 0 Å². The summed E-state index contributed by atoms with van der Waals surface area (Å²) in [6.07, 6.45) is 0. The van der Waals surface area contributed by atoms with E-state index in [9.17, 15) is 0 Å². The molecule has 0 atom stereocenters. The van der Waals surface area contributed by atoms with Gasteiger partial charge in [-0.2, -0.15) is 0 Å². The molecule has 5 heteroatoms. The van der Waals surface area contributed by atoms with E-state index in [4.69, 9.17) is 25.7 Å². The number of rotatable bonds is 6. The maximum Gasteiger partial charge on any atom is 0.169 e. The Morgan fingerprint density at radius 2 is 0.690 bits per heavy atom. The number of hydrogen-bond acceptors (Lipinski definition) is 5. The quantitative estimate of drug-likeness (QED) is 0.385. The van der Waals surface area contributed by atoms with Crippen LogP contribution in [-0.4, -0.2) is 0 Å². The number of anilines is 2. The number of para-hydroxylation sites is 2. The van der Waals surface area contributed by atoms with Crippen LogP contribution >= 0.6 is 0 Å². The van der Waals surface area contributed by atoms with E-state index in [0.717, 1.165) is 5.75 Å². The highest BCUT2D eigenvalue weighted by molar-refractivity contribution is 5.48. The van der Waals surface area contributed by atoms with Crippen LogP contribution in [0.15, 0.2) is 97.1 Å². The average Bonchev–Trinajstić information content (AvgIpc) is 2.74. The fourth-order valence-corrected chi connectivity index (χ4v) is 2.66. The Morgan fingerprint density at radius 1 is 0.379 bits per heavy atom. The summed E-state index contributed by atoms with van der Waals surface area (Å²) in [6, 6.07) is 29.3. The van der Waals surface area contributed by atoms with Crippen LogP contribution < -0.4 is 25.7 Å². The summed E-state index contributed by atoms with van der Waals surface area (Å²) in [6.45, 7) is 0. The molecule has 4 N–H and O–H groups in total. The summed E-state index contributed by atoms with van der Waals surface area (Å²) >= 11 is 0. The largest absolute Gasteiger partial charge is 0.457 e. The van der Waals surface area contributed by atoms with Crippen molar-refractivity contribution in [1.29, 1.82) is 0 Å². The fourth-order valence-electron chi connectivity index (χ4n) is 2.66. The zero-order chi connectivity index (χ0) is 20.1. The zero-order valence-corrected chi connectivity index (χ0v) is 15.6. The molecule has 0 aliphatic rings. The van der Waals surface area contributed by atoms with Crippen molar-refractivity contribution in [2.45, 2.75) is 0 Å². The minimum atomic E-state index is 0.608. The number of ether oxygens (including phenoxy) is 3. The molecule has 4 rings (SSSR count). The van der Waals surface area contributed by atoms with Crippen molar-refractivity contribution in [2.75, 3.05) is 11.5 Å². The standard InChI is InChI=1S/C24H20N2O3/c25-17-5-9-19(10-6-17)27-20-13-15-22(16-14-20)29-24-4-2-1-3-23(24)28-21-11-7-18(26)8-12-21/h1-16H,25-26H2. The minimum absolute atomic E-state index is 0.608. The van der Waals surface area contributed by atoms with E-state index >= 15 is 0 Å². The van der Waals surface area contributed by atoms with Gasteiger partial charge in [0, 0.05) is 11.4 Å². The van der Waals surface area contributed by atoms with E-state index in [1.54, 1.807) is 24.3 Å². The van der Waals surface area contributed by atoms with Gasteiger partial charge in [0.1, 0.15) is 23.0 Å². The number of nitrogen functional groups attached to an aromatic ring is 2. The molecule has 0 amide bonds. The highest BCUT2D eigenvalue weighted by atomic mass is 16.5. The summed E-state index contributed by atoms with van der Waals surface area (Å²) in [5.41, 5.74) is 12.8. The van der Waals surface area contributed by atoms with Gasteiger partial charge in [0.05, 0.1) is 0 Å². The van der Waals surface area contributed by atoms with E-state index in [1.165, 1.54) is 0 Å². The minimum Gasteiger partial charge on any atom is -0.457 e. The van der Waals surface area contributed by atoms with Gasteiger partial charge in [-0.15, -0.1) is 0 Å². The average molecular weight is 384 g/mol. The predicted octanol–water partition coefficient (Wildman–Crippen LogP) is 6.23. The summed E-state index contributed by atoms with van der Waals surface area (Å²) in [4.78, 5) is 0. The first kappa shape index (κ1) is 18.3. The molecule has 4 aromatic carbocycles. The van der Waals surface area contributed by atoms with Gasteiger partial charge in [0.2, 0.25) is 0 Å². The third kappa shape index (κ3) is 4.78. The topological polar surface area (TPSA) is 79.7 Å². The van der Waals surface area contributed by atoms with E-state index in [-0.39, 0.29) is 0 Å². The molecule has 0 unspecified atom stereocenters. The van der Waals surface area contributed by atoms with Crippen LogP contribution in [-0.2, 0) is 0 Å². The van der Waals surface area contributed by atoms with Gasteiger partial charge < -0.3 is 25.7 Å². The van der Waals surface area contributed by atoms with Crippen LogP contribution in [0, 0.1) is 0 Å². The Labute approximate surface area is 169 Å². The van der Waals surface area contributed by atoms with Crippen LogP contribution in [0.4, 0.5) is 11.4 Å². The molecule has 0 aromatic heterocycles. The summed E-state index contributed by atoms with van der Waals surface area (Å²) in [7, 11) is 0. The predicted molar refractivity (Wildman–Crippen MR) is 115 cm³/mol. The first-order chi connectivity index (χ1) is 14.2. The first-order valence-corrected chi connectivity index (χ1v) is 9.09. The molecule has 0 fully saturated rings. The Bertz CT molecular complexity index is 1080.